The molecule has 1 nitrogen and oxygen atoms in total. The minimum atomic E-state index is 0.539. The van der Waals surface area contributed by atoms with E-state index in [1.54, 1.807) is 0 Å². The molecule has 1 aliphatic heterocycles. The molecule has 2 fully saturated rings. The van der Waals surface area contributed by atoms with Crippen molar-refractivity contribution in [1.82, 2.24) is 4.90 Å². The first kappa shape index (κ1) is 13.7. The molecule has 1 heterocycles. The number of thiol groups is 1. The summed E-state index contributed by atoms with van der Waals surface area (Å²) in [6, 6.07) is 0.870. The van der Waals surface area contributed by atoms with Crippen LogP contribution in [0.15, 0.2) is 0 Å². The molecule has 0 bridgehead atoms. The van der Waals surface area contributed by atoms with Crippen molar-refractivity contribution in [1.29, 1.82) is 0 Å². The van der Waals surface area contributed by atoms with E-state index in [-0.39, 0.29) is 0 Å². The average molecular weight is 255 g/mol. The zero-order valence-corrected chi connectivity index (χ0v) is 12.4. The second-order valence-corrected chi connectivity index (χ2v) is 6.56. The van der Waals surface area contributed by atoms with Gasteiger partial charge in [0.05, 0.1) is 0 Å². The molecule has 100 valence electrons. The van der Waals surface area contributed by atoms with E-state index < -0.39 is 0 Å². The highest BCUT2D eigenvalue weighted by atomic mass is 32.1. The van der Waals surface area contributed by atoms with Crippen LogP contribution >= 0.6 is 12.6 Å². The van der Waals surface area contributed by atoms with Crippen LogP contribution in [0.2, 0.25) is 0 Å². The fourth-order valence-electron chi connectivity index (χ4n) is 3.84. The van der Waals surface area contributed by atoms with Crippen molar-refractivity contribution in [2.24, 2.45) is 5.41 Å². The predicted molar refractivity (Wildman–Crippen MR) is 78.9 cm³/mol. The van der Waals surface area contributed by atoms with Crippen LogP contribution in [0, 0.1) is 5.41 Å². The third-order valence-corrected chi connectivity index (χ3v) is 5.68. The van der Waals surface area contributed by atoms with Crippen molar-refractivity contribution >= 4 is 12.6 Å². The smallest absolute Gasteiger partial charge is 0.00933 e. The third kappa shape index (κ3) is 3.41. The van der Waals surface area contributed by atoms with Gasteiger partial charge in [0.1, 0.15) is 0 Å². The molecule has 1 unspecified atom stereocenters. The summed E-state index contributed by atoms with van der Waals surface area (Å²) in [4.78, 5) is 2.78. The van der Waals surface area contributed by atoms with E-state index in [9.17, 15) is 0 Å². The summed E-state index contributed by atoms with van der Waals surface area (Å²) < 4.78 is 0. The summed E-state index contributed by atoms with van der Waals surface area (Å²) in [7, 11) is 0. The third-order valence-electron chi connectivity index (χ3n) is 5.01. The second-order valence-electron chi connectivity index (χ2n) is 6.25. The van der Waals surface area contributed by atoms with Crippen LogP contribution in [0.25, 0.3) is 0 Å². The van der Waals surface area contributed by atoms with Gasteiger partial charge < -0.3 is 0 Å². The molecule has 0 spiro atoms. The lowest BCUT2D eigenvalue weighted by molar-refractivity contribution is 0.137. The van der Waals surface area contributed by atoms with Crippen molar-refractivity contribution in [2.75, 3.05) is 18.8 Å². The van der Waals surface area contributed by atoms with Gasteiger partial charge in [-0.1, -0.05) is 32.6 Å². The summed E-state index contributed by atoms with van der Waals surface area (Å²) in [5.41, 5.74) is 0.539. The number of nitrogens with zero attached hydrogens (tertiary/aromatic N) is 1. The van der Waals surface area contributed by atoms with Gasteiger partial charge in [0.15, 0.2) is 0 Å². The van der Waals surface area contributed by atoms with Crippen molar-refractivity contribution in [2.45, 2.75) is 70.8 Å². The first-order chi connectivity index (χ1) is 8.29. The summed E-state index contributed by atoms with van der Waals surface area (Å²) in [6.07, 6.45) is 12.8. The normalized spacial score (nSPS) is 30.4. The number of rotatable bonds is 4. The molecule has 0 amide bonds. The van der Waals surface area contributed by atoms with E-state index in [4.69, 9.17) is 12.6 Å². The van der Waals surface area contributed by atoms with Crippen LogP contribution < -0.4 is 0 Å². The van der Waals surface area contributed by atoms with E-state index >= 15 is 0 Å². The lowest BCUT2D eigenvalue weighted by Crippen LogP contribution is -2.41. The molecule has 0 radical (unpaired) electrons. The molecule has 1 saturated heterocycles. The van der Waals surface area contributed by atoms with Crippen LogP contribution in [0.4, 0.5) is 0 Å². The summed E-state index contributed by atoms with van der Waals surface area (Å²) in [5.74, 6) is 1.10. The average Bonchev–Trinajstić information content (AvgIpc) is 2.66. The van der Waals surface area contributed by atoms with Crippen molar-refractivity contribution in [3.05, 3.63) is 0 Å². The lowest BCUT2D eigenvalue weighted by Gasteiger charge is -2.37. The maximum atomic E-state index is 4.70. The molecular weight excluding hydrogens is 226 g/mol. The fraction of sp³-hybridized carbons (Fsp3) is 1.00. The Hall–Kier alpha value is 0.310. The lowest BCUT2D eigenvalue weighted by atomic mass is 9.81. The van der Waals surface area contributed by atoms with Gasteiger partial charge >= 0.3 is 0 Å². The minimum absolute atomic E-state index is 0.539. The van der Waals surface area contributed by atoms with Gasteiger partial charge in [-0.2, -0.15) is 12.6 Å². The van der Waals surface area contributed by atoms with Gasteiger partial charge in [-0.25, -0.2) is 0 Å². The summed E-state index contributed by atoms with van der Waals surface area (Å²) in [6.45, 7) is 5.02. The highest BCUT2D eigenvalue weighted by Crippen LogP contribution is 2.38. The van der Waals surface area contributed by atoms with Gasteiger partial charge in [0, 0.05) is 12.6 Å². The summed E-state index contributed by atoms with van der Waals surface area (Å²) in [5, 5.41) is 0. The Balaban J connectivity index is 1.97. The Morgan fingerprint density at radius 2 is 1.82 bits per heavy atom. The van der Waals surface area contributed by atoms with Gasteiger partial charge in [-0.15, -0.1) is 0 Å². The monoisotopic (exact) mass is 255 g/mol. The second kappa shape index (κ2) is 6.47. The van der Waals surface area contributed by atoms with Gasteiger partial charge in [0.2, 0.25) is 0 Å². The number of hydrogen-bond donors (Lipinski definition) is 1. The maximum absolute atomic E-state index is 4.70. The quantitative estimate of drug-likeness (QED) is 0.584. The molecule has 1 saturated carbocycles. The Labute approximate surface area is 113 Å². The van der Waals surface area contributed by atoms with E-state index in [0.717, 1.165) is 11.8 Å². The zero-order valence-electron chi connectivity index (χ0n) is 11.5. The van der Waals surface area contributed by atoms with Crippen LogP contribution in [0.1, 0.15) is 64.7 Å². The van der Waals surface area contributed by atoms with E-state index in [0.29, 0.717) is 5.41 Å². The molecule has 2 rings (SSSR count). The number of hydrogen-bond acceptors (Lipinski definition) is 2. The highest BCUT2D eigenvalue weighted by molar-refractivity contribution is 7.80. The molecule has 0 N–H and O–H groups in total. The molecular formula is C15H29NS. The van der Waals surface area contributed by atoms with E-state index in [2.05, 4.69) is 11.8 Å². The van der Waals surface area contributed by atoms with E-state index in [1.807, 2.05) is 0 Å². The van der Waals surface area contributed by atoms with Crippen LogP contribution in [0.3, 0.4) is 0 Å². The molecule has 0 aromatic rings. The van der Waals surface area contributed by atoms with Gasteiger partial charge in [-0.3, -0.25) is 4.90 Å². The van der Waals surface area contributed by atoms with Crippen molar-refractivity contribution in [3.8, 4) is 0 Å². The molecule has 0 aromatic heterocycles. The van der Waals surface area contributed by atoms with Crippen LogP contribution in [-0.2, 0) is 0 Å². The Bertz CT molecular complexity index is 221. The maximum Gasteiger partial charge on any atom is 0.00933 e. The van der Waals surface area contributed by atoms with Crippen molar-refractivity contribution in [3.63, 3.8) is 0 Å². The van der Waals surface area contributed by atoms with Gasteiger partial charge in [0.25, 0.3) is 0 Å². The topological polar surface area (TPSA) is 3.24 Å². The number of likely N-dealkylation sites (tertiary alicyclic amines) is 1. The molecule has 17 heavy (non-hydrogen) atoms. The first-order valence-electron chi connectivity index (χ1n) is 7.64. The Morgan fingerprint density at radius 1 is 1.12 bits per heavy atom. The zero-order chi connectivity index (χ0) is 12.1. The molecule has 1 atom stereocenters. The summed E-state index contributed by atoms with van der Waals surface area (Å²) >= 11 is 4.70. The van der Waals surface area contributed by atoms with Crippen molar-refractivity contribution < 1.29 is 0 Å². The fourth-order valence-corrected chi connectivity index (χ4v) is 4.26. The predicted octanol–water partition coefficient (Wildman–Crippen LogP) is 4.13. The highest BCUT2D eigenvalue weighted by Gasteiger charge is 2.34. The molecule has 0 aromatic carbocycles. The molecule has 2 aliphatic rings. The molecule has 1 aliphatic carbocycles. The first-order valence-corrected chi connectivity index (χ1v) is 8.28. The van der Waals surface area contributed by atoms with Gasteiger partial charge in [-0.05, 0) is 49.8 Å². The van der Waals surface area contributed by atoms with E-state index in [1.165, 1.54) is 70.9 Å². The van der Waals surface area contributed by atoms with Crippen LogP contribution in [-0.4, -0.2) is 29.8 Å². The Morgan fingerprint density at radius 3 is 2.41 bits per heavy atom. The minimum Gasteiger partial charge on any atom is -0.300 e. The largest absolute Gasteiger partial charge is 0.300 e. The van der Waals surface area contributed by atoms with Crippen LogP contribution in [0.5, 0.6) is 0 Å². The SMILES string of the molecule is CCC1CCCN1CC1(CS)CCCCCC1. The molecule has 2 heteroatoms. The standard InChI is InChI=1S/C15H29NS/c1-2-14-8-7-11-16(14)12-15(13-17)9-5-3-4-6-10-15/h14,17H,2-13H2,1H3. The Kier molecular flexibility index (Phi) is 5.23.